The first kappa shape index (κ1) is 24.2. The van der Waals surface area contributed by atoms with Gasteiger partial charge in [0.1, 0.15) is 5.03 Å². The Kier molecular flexibility index (Phi) is 8.90. The van der Waals surface area contributed by atoms with Crippen LogP contribution in [0.3, 0.4) is 0 Å². The lowest BCUT2D eigenvalue weighted by atomic mass is 10.0. The lowest BCUT2D eigenvalue weighted by Crippen LogP contribution is -2.13. The van der Waals surface area contributed by atoms with Gasteiger partial charge in [0.2, 0.25) is 0 Å². The van der Waals surface area contributed by atoms with Gasteiger partial charge in [-0.15, -0.1) is 0 Å². The highest BCUT2D eigenvalue weighted by Crippen LogP contribution is 2.31. The summed E-state index contributed by atoms with van der Waals surface area (Å²) in [4.78, 5) is 15.7. The number of anilines is 2. The third-order valence-corrected chi connectivity index (χ3v) is 4.96. The van der Waals surface area contributed by atoms with Crippen LogP contribution in [0.4, 0.5) is 15.8 Å². The molecule has 0 saturated carbocycles. The molecule has 3 N–H and O–H groups in total. The molecule has 0 bridgehead atoms. The molecule has 0 aliphatic rings. The van der Waals surface area contributed by atoms with E-state index in [1.54, 1.807) is 38.2 Å². The third-order valence-electron chi connectivity index (χ3n) is 3.91. The molecule has 0 radical (unpaired) electrons. The molecule has 0 aliphatic carbocycles. The van der Waals surface area contributed by atoms with Gasteiger partial charge in [0.05, 0.1) is 18.0 Å². The van der Waals surface area contributed by atoms with Crippen LogP contribution in [0.15, 0.2) is 35.5 Å². The Balaban J connectivity index is 0.000000387. The zero-order chi connectivity index (χ0) is 22.2. The summed E-state index contributed by atoms with van der Waals surface area (Å²) in [5, 5.41) is 0.266. The Morgan fingerprint density at radius 3 is 2.41 bits per heavy atom. The summed E-state index contributed by atoms with van der Waals surface area (Å²) in [6.45, 7) is 3.92. The minimum Gasteiger partial charge on any atom is -0.463 e. The van der Waals surface area contributed by atoms with Crippen molar-refractivity contribution in [3.63, 3.8) is 0 Å². The number of nitrogens with two attached hydrogens (primary N) is 1. The van der Waals surface area contributed by atoms with Crippen molar-refractivity contribution in [1.29, 1.82) is 0 Å². The topological polar surface area (TPSA) is 105 Å². The van der Waals surface area contributed by atoms with E-state index in [9.17, 15) is 17.6 Å². The lowest BCUT2D eigenvalue weighted by Gasteiger charge is -2.19. The van der Waals surface area contributed by atoms with Gasteiger partial charge in [-0.25, -0.2) is 17.6 Å². The quantitative estimate of drug-likeness (QED) is 0.419. The van der Waals surface area contributed by atoms with E-state index in [1.165, 1.54) is 24.5 Å². The number of nitrogen functional groups attached to an aromatic ring is 1. The summed E-state index contributed by atoms with van der Waals surface area (Å²) in [6, 6.07) is 5.01. The van der Waals surface area contributed by atoms with Crippen LogP contribution in [0.5, 0.6) is 0 Å². The number of aromatic nitrogens is 1. The second-order valence-electron chi connectivity index (χ2n) is 6.34. The number of ether oxygens (including phenoxy) is 1. The van der Waals surface area contributed by atoms with Crippen molar-refractivity contribution in [2.24, 2.45) is 0 Å². The second-order valence-corrected chi connectivity index (χ2v) is 8.32. The Bertz CT molecular complexity index is 953. The lowest BCUT2D eigenvalue weighted by molar-refractivity contribution is -0.137. The van der Waals surface area contributed by atoms with Crippen molar-refractivity contribution < 1.29 is 22.3 Å². The van der Waals surface area contributed by atoms with Gasteiger partial charge in [-0.3, -0.25) is 0 Å². The Hall–Kier alpha value is -2.81. The molecule has 0 spiro atoms. The Labute approximate surface area is 171 Å². The van der Waals surface area contributed by atoms with E-state index in [0.717, 1.165) is 5.56 Å². The average molecular weight is 426 g/mol. The molecule has 7 nitrogen and oxygen atoms in total. The molecule has 160 valence electrons. The number of benzene rings is 1. The van der Waals surface area contributed by atoms with E-state index < -0.39 is 21.6 Å². The number of carbonyl (C=O) groups is 1. The number of nitrogens with zero attached hydrogens (tertiary/aromatic N) is 1. The molecule has 2 aromatic rings. The van der Waals surface area contributed by atoms with Crippen LogP contribution in [-0.2, 0) is 25.8 Å². The number of halogens is 1. The summed E-state index contributed by atoms with van der Waals surface area (Å²) in [7, 11) is 0.593. The van der Waals surface area contributed by atoms with Crippen molar-refractivity contribution in [2.45, 2.75) is 25.3 Å². The average Bonchev–Trinajstić information content (AvgIpc) is 3.18. The maximum atomic E-state index is 14.4. The molecule has 29 heavy (non-hydrogen) atoms. The number of H-pyrrole nitrogens is 1. The number of sulfone groups is 1. The fourth-order valence-electron chi connectivity index (χ4n) is 2.45. The second kappa shape index (κ2) is 10.7. The summed E-state index contributed by atoms with van der Waals surface area (Å²) < 4.78 is 40.5. The van der Waals surface area contributed by atoms with E-state index in [-0.39, 0.29) is 17.3 Å². The minimum atomic E-state index is -3.02. The van der Waals surface area contributed by atoms with Gasteiger partial charge in [-0.05, 0) is 43.2 Å². The number of hydrogen-bond acceptors (Lipinski definition) is 6. The van der Waals surface area contributed by atoms with Crippen molar-refractivity contribution >= 4 is 33.3 Å². The van der Waals surface area contributed by atoms with Crippen molar-refractivity contribution in [1.82, 2.24) is 4.98 Å². The zero-order valence-corrected chi connectivity index (χ0v) is 18.1. The van der Waals surface area contributed by atoms with Crippen LogP contribution >= 0.6 is 0 Å². The molecule has 0 atom stereocenters. The summed E-state index contributed by atoms with van der Waals surface area (Å²) in [5.74, 6) is -1.00. The maximum absolute atomic E-state index is 14.4. The molecule has 0 fully saturated rings. The summed E-state index contributed by atoms with van der Waals surface area (Å²) in [5.41, 5.74) is 7.65. The molecule has 1 aromatic heterocycles. The van der Waals surface area contributed by atoms with Gasteiger partial charge in [-0.2, -0.15) is 0 Å². The van der Waals surface area contributed by atoms with E-state index >= 15 is 0 Å². The molecule has 1 aromatic carbocycles. The van der Waals surface area contributed by atoms with E-state index in [4.69, 9.17) is 10.5 Å². The van der Waals surface area contributed by atoms with Gasteiger partial charge in [0.25, 0.3) is 0 Å². The molecular formula is C20H28FN3O4S. The molecule has 0 aliphatic heterocycles. The van der Waals surface area contributed by atoms with Gasteiger partial charge in [0, 0.05) is 38.2 Å². The predicted octanol–water partition coefficient (Wildman–Crippen LogP) is 3.03. The first-order chi connectivity index (χ1) is 13.5. The predicted molar refractivity (Wildman–Crippen MR) is 114 cm³/mol. The van der Waals surface area contributed by atoms with E-state index in [0.29, 0.717) is 17.7 Å². The zero-order valence-electron chi connectivity index (χ0n) is 17.3. The van der Waals surface area contributed by atoms with Crippen LogP contribution in [0.2, 0.25) is 0 Å². The molecule has 0 amide bonds. The molecule has 2 rings (SSSR count). The highest BCUT2D eigenvalue weighted by Gasteiger charge is 2.15. The molecule has 0 saturated heterocycles. The number of hydrogen-bond donors (Lipinski definition) is 2. The smallest absolute Gasteiger partial charge is 0.330 e. The SMILES string of the molecule is CCOC(=O)/C=C/c1c(CC)cc(N(C)C)c(N)c1F.CS(=O)(=O)c1ccc[nH]1. The number of esters is 1. The summed E-state index contributed by atoms with van der Waals surface area (Å²) >= 11 is 0. The van der Waals surface area contributed by atoms with E-state index in [2.05, 4.69) is 4.98 Å². The Morgan fingerprint density at radius 1 is 1.34 bits per heavy atom. The van der Waals surface area contributed by atoms with Gasteiger partial charge in [0.15, 0.2) is 15.7 Å². The van der Waals surface area contributed by atoms with Crippen LogP contribution in [-0.4, -0.2) is 46.3 Å². The van der Waals surface area contributed by atoms with Crippen molar-refractivity contribution in [2.75, 3.05) is 37.6 Å². The molecular weight excluding hydrogens is 397 g/mol. The highest BCUT2D eigenvalue weighted by atomic mass is 32.2. The van der Waals surface area contributed by atoms with Crippen molar-refractivity contribution in [3.8, 4) is 0 Å². The Morgan fingerprint density at radius 2 is 2.00 bits per heavy atom. The van der Waals surface area contributed by atoms with Gasteiger partial charge in [-0.1, -0.05) is 6.92 Å². The van der Waals surface area contributed by atoms with Crippen LogP contribution < -0.4 is 10.6 Å². The largest absolute Gasteiger partial charge is 0.463 e. The third kappa shape index (κ3) is 6.94. The molecule has 9 heteroatoms. The molecule has 1 heterocycles. The van der Waals surface area contributed by atoms with Crippen LogP contribution in [0.25, 0.3) is 6.08 Å². The number of carbonyl (C=O) groups excluding carboxylic acids is 1. The summed E-state index contributed by atoms with van der Waals surface area (Å²) in [6.07, 6.45) is 6.02. The van der Waals surface area contributed by atoms with Crippen LogP contribution in [0, 0.1) is 5.82 Å². The number of rotatable bonds is 6. The normalized spacial score (nSPS) is 11.1. The fourth-order valence-corrected chi connectivity index (χ4v) is 3.06. The number of aromatic amines is 1. The highest BCUT2D eigenvalue weighted by molar-refractivity contribution is 7.90. The number of nitrogens with one attached hydrogen (secondary N) is 1. The monoisotopic (exact) mass is 425 g/mol. The first-order valence-electron chi connectivity index (χ1n) is 8.99. The van der Waals surface area contributed by atoms with Gasteiger partial charge < -0.3 is 20.4 Å². The number of aryl methyl sites for hydroxylation is 1. The molecule has 0 unspecified atom stereocenters. The van der Waals surface area contributed by atoms with Crippen LogP contribution in [0.1, 0.15) is 25.0 Å². The maximum Gasteiger partial charge on any atom is 0.330 e. The first-order valence-corrected chi connectivity index (χ1v) is 10.9. The minimum absolute atomic E-state index is 0.0794. The van der Waals surface area contributed by atoms with Gasteiger partial charge >= 0.3 is 5.97 Å². The van der Waals surface area contributed by atoms with Crippen molar-refractivity contribution in [3.05, 3.63) is 47.4 Å². The van der Waals surface area contributed by atoms with E-state index in [1.807, 2.05) is 13.0 Å². The standard InChI is InChI=1S/C15H21FN2O2.C5H7NO2S/c1-5-10-9-12(18(3)4)15(17)14(16)11(10)7-8-13(19)20-6-2;1-9(7,8)5-3-2-4-6-5/h7-9H,5-6,17H2,1-4H3;2-4,6H,1H3/b8-7+;. The fraction of sp³-hybridized carbons (Fsp3) is 0.350.